The van der Waals surface area contributed by atoms with Crippen molar-refractivity contribution in [1.82, 2.24) is 0 Å². The van der Waals surface area contributed by atoms with Gasteiger partial charge in [-0.05, 0) is 42.5 Å². The first-order valence-corrected chi connectivity index (χ1v) is 9.03. The third-order valence-corrected chi connectivity index (χ3v) is 4.87. The summed E-state index contributed by atoms with van der Waals surface area (Å²) in [5.74, 6) is 0.0951. The summed E-state index contributed by atoms with van der Waals surface area (Å²) in [6.07, 6.45) is 1.25. The molecule has 1 aliphatic rings. The normalized spacial score (nSPS) is 15.4. The molecule has 0 bridgehead atoms. The molecule has 0 radical (unpaired) electrons. The summed E-state index contributed by atoms with van der Waals surface area (Å²) in [5.41, 5.74) is 16.1. The molecule has 0 saturated heterocycles. The number of halogens is 2. The highest BCUT2D eigenvalue weighted by Crippen LogP contribution is 2.35. The Bertz CT molecular complexity index is 1060. The number of aliphatic imine (C=N–C) groups is 1. The second-order valence-electron chi connectivity index (χ2n) is 6.44. The molecule has 4 N–H and O–H groups in total. The second-order valence-corrected chi connectivity index (χ2v) is 6.84. The molecule has 1 unspecified atom stereocenters. The molecule has 3 aromatic carbocycles. The molecule has 3 aromatic rings. The van der Waals surface area contributed by atoms with Crippen LogP contribution in [0.2, 0.25) is 5.02 Å². The molecule has 1 atom stereocenters. The van der Waals surface area contributed by atoms with Crippen LogP contribution >= 0.6 is 11.6 Å². The minimum atomic E-state index is -0.429. The van der Waals surface area contributed by atoms with Gasteiger partial charge in [0, 0.05) is 33.6 Å². The largest absolute Gasteiger partial charge is 0.489 e. The van der Waals surface area contributed by atoms with Gasteiger partial charge in [-0.1, -0.05) is 23.7 Å². The van der Waals surface area contributed by atoms with E-state index < -0.39 is 6.17 Å². The van der Waals surface area contributed by atoms with E-state index in [1.165, 1.54) is 12.1 Å². The number of fused-ring (bicyclic) bond motifs is 1. The Morgan fingerprint density at radius 1 is 1.11 bits per heavy atom. The summed E-state index contributed by atoms with van der Waals surface area (Å²) in [6.45, 7) is 0.224. The van der Waals surface area contributed by atoms with Gasteiger partial charge in [-0.2, -0.15) is 0 Å². The van der Waals surface area contributed by atoms with Crippen LogP contribution in [0.1, 0.15) is 17.3 Å². The molecule has 1 aliphatic heterocycles. The number of rotatable bonds is 4. The highest BCUT2D eigenvalue weighted by molar-refractivity contribution is 6.31. The minimum absolute atomic E-state index is 0.224. The molecule has 0 amide bonds. The molecule has 0 aliphatic carbocycles. The monoisotopic (exact) mass is 396 g/mol. The van der Waals surface area contributed by atoms with Crippen molar-refractivity contribution in [3.8, 4) is 5.75 Å². The van der Waals surface area contributed by atoms with Crippen LogP contribution in [-0.2, 0) is 6.61 Å². The van der Waals surface area contributed by atoms with Crippen LogP contribution in [0.15, 0.2) is 65.7 Å². The molecule has 0 aromatic heterocycles. The Hall–Kier alpha value is -3.09. The highest BCUT2D eigenvalue weighted by Gasteiger charge is 2.23. The summed E-state index contributed by atoms with van der Waals surface area (Å²) in [7, 11) is 0. The molecule has 142 valence electrons. The van der Waals surface area contributed by atoms with Gasteiger partial charge in [-0.25, -0.2) is 9.38 Å². The Morgan fingerprint density at radius 3 is 2.75 bits per heavy atom. The van der Waals surface area contributed by atoms with Gasteiger partial charge in [0.2, 0.25) is 0 Å². The molecule has 7 heteroatoms. The zero-order valence-electron chi connectivity index (χ0n) is 14.8. The smallest absolute Gasteiger partial charge is 0.126 e. The van der Waals surface area contributed by atoms with Gasteiger partial charge in [0.15, 0.2) is 0 Å². The van der Waals surface area contributed by atoms with Gasteiger partial charge >= 0.3 is 0 Å². The van der Waals surface area contributed by atoms with Gasteiger partial charge in [0.05, 0.1) is 12.0 Å². The van der Waals surface area contributed by atoms with Crippen molar-refractivity contribution in [3.63, 3.8) is 0 Å². The number of nitrogens with zero attached hydrogens (tertiary/aromatic N) is 2. The highest BCUT2D eigenvalue weighted by atomic mass is 35.5. The van der Waals surface area contributed by atoms with Gasteiger partial charge in [-0.15, -0.1) is 0 Å². The zero-order chi connectivity index (χ0) is 19.7. The minimum Gasteiger partial charge on any atom is -0.489 e. The summed E-state index contributed by atoms with van der Waals surface area (Å²) in [6, 6.07) is 17.0. The van der Waals surface area contributed by atoms with Crippen LogP contribution in [0.4, 0.5) is 21.5 Å². The molecular formula is C21H18ClFN4O. The van der Waals surface area contributed by atoms with E-state index in [4.69, 9.17) is 27.8 Å². The van der Waals surface area contributed by atoms with Crippen molar-refractivity contribution in [2.75, 3.05) is 10.6 Å². The standard InChI is InChI=1S/C21H18ClFN4O/c22-19-10-16(6-4-13(19)11-28-17-3-1-2-14(23)8-17)27-12-26-20-7-5-15(24)9-18(20)21(27)25/h1-10,12,21H,11,24-25H2. The van der Waals surface area contributed by atoms with E-state index in [0.717, 1.165) is 22.5 Å². The van der Waals surface area contributed by atoms with E-state index in [2.05, 4.69) is 4.99 Å². The quantitative estimate of drug-likeness (QED) is 0.622. The third-order valence-electron chi connectivity index (χ3n) is 4.52. The third kappa shape index (κ3) is 3.65. The van der Waals surface area contributed by atoms with Crippen molar-refractivity contribution in [3.05, 3.63) is 82.6 Å². The topological polar surface area (TPSA) is 76.9 Å². The van der Waals surface area contributed by atoms with E-state index >= 15 is 0 Å². The molecule has 4 rings (SSSR count). The van der Waals surface area contributed by atoms with Gasteiger partial charge in [0.25, 0.3) is 0 Å². The SMILES string of the molecule is Nc1ccc2c(c1)C(N)N(c1ccc(COc3cccc(F)c3)c(Cl)c1)C=N2. The van der Waals surface area contributed by atoms with Crippen molar-refractivity contribution < 1.29 is 9.13 Å². The lowest BCUT2D eigenvalue weighted by Crippen LogP contribution is -2.35. The van der Waals surface area contributed by atoms with E-state index in [1.807, 2.05) is 29.2 Å². The predicted molar refractivity (Wildman–Crippen MR) is 111 cm³/mol. The lowest BCUT2D eigenvalue weighted by molar-refractivity contribution is 0.304. The Balaban J connectivity index is 1.53. The Morgan fingerprint density at radius 2 is 1.96 bits per heavy atom. The fraction of sp³-hybridized carbons (Fsp3) is 0.0952. The first kappa shape index (κ1) is 18.3. The number of hydrogen-bond acceptors (Lipinski definition) is 5. The van der Waals surface area contributed by atoms with Crippen LogP contribution in [0, 0.1) is 5.82 Å². The fourth-order valence-electron chi connectivity index (χ4n) is 3.03. The average Bonchev–Trinajstić information content (AvgIpc) is 2.68. The summed E-state index contributed by atoms with van der Waals surface area (Å²) < 4.78 is 18.9. The average molecular weight is 397 g/mol. The van der Waals surface area contributed by atoms with Gasteiger partial charge in [0.1, 0.15) is 24.3 Å². The molecule has 0 spiro atoms. The lowest BCUT2D eigenvalue weighted by Gasteiger charge is -2.31. The van der Waals surface area contributed by atoms with Crippen molar-refractivity contribution in [2.24, 2.45) is 10.7 Å². The van der Waals surface area contributed by atoms with Crippen LogP contribution in [0.3, 0.4) is 0 Å². The fourth-order valence-corrected chi connectivity index (χ4v) is 3.26. The van der Waals surface area contributed by atoms with Crippen LogP contribution in [-0.4, -0.2) is 6.34 Å². The van der Waals surface area contributed by atoms with Crippen LogP contribution in [0.25, 0.3) is 0 Å². The van der Waals surface area contributed by atoms with Crippen molar-refractivity contribution in [2.45, 2.75) is 12.8 Å². The summed E-state index contributed by atoms with van der Waals surface area (Å²) >= 11 is 6.43. The second kappa shape index (κ2) is 7.50. The zero-order valence-corrected chi connectivity index (χ0v) is 15.6. The number of anilines is 2. The van der Waals surface area contributed by atoms with Gasteiger partial charge in [-0.3, -0.25) is 0 Å². The maximum absolute atomic E-state index is 13.3. The molecule has 28 heavy (non-hydrogen) atoms. The first-order chi connectivity index (χ1) is 13.5. The summed E-state index contributed by atoms with van der Waals surface area (Å²) in [5, 5.41) is 0.521. The van der Waals surface area contributed by atoms with E-state index in [9.17, 15) is 4.39 Å². The van der Waals surface area contributed by atoms with Crippen LogP contribution < -0.4 is 21.1 Å². The lowest BCUT2D eigenvalue weighted by atomic mass is 10.1. The maximum atomic E-state index is 13.3. The van der Waals surface area contributed by atoms with E-state index in [1.54, 1.807) is 30.6 Å². The maximum Gasteiger partial charge on any atom is 0.126 e. The molecule has 0 fully saturated rings. The van der Waals surface area contributed by atoms with E-state index in [0.29, 0.717) is 16.5 Å². The van der Waals surface area contributed by atoms with Crippen LogP contribution in [0.5, 0.6) is 5.75 Å². The van der Waals surface area contributed by atoms with Crippen molar-refractivity contribution in [1.29, 1.82) is 0 Å². The summed E-state index contributed by atoms with van der Waals surface area (Å²) in [4.78, 5) is 6.27. The number of benzene rings is 3. The molecular weight excluding hydrogens is 379 g/mol. The number of ether oxygens (including phenoxy) is 1. The number of nitrogens with two attached hydrogens (primary N) is 2. The Labute approximate surface area is 167 Å². The van der Waals surface area contributed by atoms with Gasteiger partial charge < -0.3 is 21.1 Å². The molecule has 1 heterocycles. The number of hydrogen-bond donors (Lipinski definition) is 2. The van der Waals surface area contributed by atoms with Crippen molar-refractivity contribution >= 4 is 35.0 Å². The van der Waals surface area contributed by atoms with E-state index in [-0.39, 0.29) is 12.4 Å². The first-order valence-electron chi connectivity index (χ1n) is 8.65. The Kier molecular flexibility index (Phi) is 4.90. The molecule has 0 saturated carbocycles. The molecule has 5 nitrogen and oxygen atoms in total. The predicted octanol–water partition coefficient (Wildman–Crippen LogP) is 4.78. The number of nitrogen functional groups attached to an aromatic ring is 1.